The van der Waals surface area contributed by atoms with Crippen molar-refractivity contribution in [2.75, 3.05) is 0 Å². The number of para-hydroxylation sites is 1. The molecule has 218 valence electrons. The van der Waals surface area contributed by atoms with Crippen LogP contribution in [-0.2, 0) is 5.41 Å². The van der Waals surface area contributed by atoms with Crippen LogP contribution >= 0.6 is 0 Å². The molecule has 0 unspecified atom stereocenters. The van der Waals surface area contributed by atoms with Crippen molar-refractivity contribution < 1.29 is 9.26 Å². The van der Waals surface area contributed by atoms with Gasteiger partial charge in [-0.25, -0.2) is 4.98 Å². The van der Waals surface area contributed by atoms with Crippen molar-refractivity contribution in [3.63, 3.8) is 0 Å². The van der Waals surface area contributed by atoms with Crippen LogP contribution in [0.15, 0.2) is 132 Å². The van der Waals surface area contributed by atoms with Crippen LogP contribution in [0.5, 0.6) is 11.5 Å². The van der Waals surface area contributed by atoms with Crippen molar-refractivity contribution in [2.24, 2.45) is 0 Å². The molecule has 0 radical (unpaired) electrons. The van der Waals surface area contributed by atoms with Gasteiger partial charge in [-0.2, -0.15) is 4.57 Å². The third kappa shape index (κ3) is 4.90. The summed E-state index contributed by atoms with van der Waals surface area (Å²) >= 11 is 0. The van der Waals surface area contributed by atoms with E-state index < -0.39 is 0 Å². The van der Waals surface area contributed by atoms with Gasteiger partial charge >= 0.3 is 0 Å². The van der Waals surface area contributed by atoms with Gasteiger partial charge in [0, 0.05) is 17.3 Å². The van der Waals surface area contributed by atoms with Crippen molar-refractivity contribution in [1.29, 1.82) is 0 Å². The maximum atomic E-state index is 6.58. The van der Waals surface area contributed by atoms with Gasteiger partial charge < -0.3 is 9.26 Å². The third-order valence-electron chi connectivity index (χ3n) is 8.10. The number of ether oxygens (including phenoxy) is 1. The van der Waals surface area contributed by atoms with E-state index in [1.54, 1.807) is 10.8 Å². The molecule has 8 aromatic rings. The molecule has 0 aliphatic carbocycles. The lowest BCUT2D eigenvalue weighted by atomic mass is 9.81. The summed E-state index contributed by atoms with van der Waals surface area (Å²) in [5.41, 5.74) is 10.4. The standard InChI is InChI=1S/C39H30N4O2/c1-39(2,3)32-15-6-4-13-30(32)26-19-27(33-16-8-9-18-40-33)22-29(21-26)44-28-12-10-11-25(20-28)34-23-36-35(24-41-34)42-38-31-14-5-7-17-37(31)45-43(36)38/h4-24H,1-3H3. The fraction of sp³-hybridized carbons (Fsp3) is 0.103. The molecule has 0 aliphatic heterocycles. The summed E-state index contributed by atoms with van der Waals surface area (Å²) in [5, 5.41) is 0.975. The number of fused-ring (bicyclic) bond motifs is 5. The normalized spacial score (nSPS) is 11.9. The Bertz CT molecular complexity index is 2350. The molecule has 0 spiro atoms. The van der Waals surface area contributed by atoms with E-state index in [9.17, 15) is 0 Å². The third-order valence-corrected chi connectivity index (χ3v) is 8.10. The van der Waals surface area contributed by atoms with Gasteiger partial charge in [-0.3, -0.25) is 9.97 Å². The van der Waals surface area contributed by atoms with Crippen LogP contribution in [0.2, 0.25) is 0 Å². The van der Waals surface area contributed by atoms with E-state index >= 15 is 0 Å². The molecule has 4 aromatic heterocycles. The molecule has 4 aromatic carbocycles. The van der Waals surface area contributed by atoms with Gasteiger partial charge in [0.15, 0.2) is 11.2 Å². The van der Waals surface area contributed by atoms with Crippen LogP contribution in [-0.4, -0.2) is 19.5 Å². The maximum absolute atomic E-state index is 6.58. The Morgan fingerprint density at radius 3 is 2.33 bits per heavy atom. The molecular formula is C39H30N4O2. The molecule has 4 heterocycles. The largest absolute Gasteiger partial charge is 0.457 e. The quantitative estimate of drug-likeness (QED) is 0.201. The molecule has 6 heteroatoms. The summed E-state index contributed by atoms with van der Waals surface area (Å²) in [6.45, 7) is 6.73. The smallest absolute Gasteiger partial charge is 0.181 e. The van der Waals surface area contributed by atoms with Crippen molar-refractivity contribution in [3.8, 4) is 45.1 Å². The minimum absolute atomic E-state index is 0.0233. The van der Waals surface area contributed by atoms with Gasteiger partial charge in [0.05, 0.1) is 23.0 Å². The zero-order valence-electron chi connectivity index (χ0n) is 25.2. The number of benzene rings is 4. The highest BCUT2D eigenvalue weighted by atomic mass is 16.5. The van der Waals surface area contributed by atoms with Gasteiger partial charge in [-0.05, 0) is 82.8 Å². The first-order valence-electron chi connectivity index (χ1n) is 15.0. The van der Waals surface area contributed by atoms with Gasteiger partial charge in [0.25, 0.3) is 0 Å². The van der Waals surface area contributed by atoms with Crippen LogP contribution in [0, 0.1) is 0 Å². The van der Waals surface area contributed by atoms with E-state index in [1.807, 2.05) is 85.1 Å². The number of aromatic nitrogens is 4. The Balaban J connectivity index is 1.19. The highest BCUT2D eigenvalue weighted by Crippen LogP contribution is 2.38. The van der Waals surface area contributed by atoms with E-state index in [2.05, 4.69) is 62.2 Å². The molecule has 0 fully saturated rings. The zero-order valence-corrected chi connectivity index (χ0v) is 25.2. The lowest BCUT2D eigenvalue weighted by Crippen LogP contribution is -2.12. The van der Waals surface area contributed by atoms with Crippen LogP contribution in [0.25, 0.3) is 61.3 Å². The van der Waals surface area contributed by atoms with E-state index in [0.29, 0.717) is 5.75 Å². The van der Waals surface area contributed by atoms with Crippen molar-refractivity contribution in [1.82, 2.24) is 19.5 Å². The topological polar surface area (TPSA) is 65.5 Å². The molecule has 6 nitrogen and oxygen atoms in total. The Hall–Kier alpha value is -5.75. The molecule has 0 saturated carbocycles. The highest BCUT2D eigenvalue weighted by Gasteiger charge is 2.20. The van der Waals surface area contributed by atoms with Gasteiger partial charge in [-0.1, -0.05) is 75.4 Å². The lowest BCUT2D eigenvalue weighted by molar-refractivity contribution is 0.423. The number of pyridine rings is 2. The second-order valence-corrected chi connectivity index (χ2v) is 12.3. The fourth-order valence-corrected chi connectivity index (χ4v) is 5.95. The summed E-state index contributed by atoms with van der Waals surface area (Å²) in [6.07, 6.45) is 3.61. The lowest BCUT2D eigenvalue weighted by Gasteiger charge is -2.23. The van der Waals surface area contributed by atoms with Crippen LogP contribution < -0.4 is 4.74 Å². The number of rotatable bonds is 5. The second-order valence-electron chi connectivity index (χ2n) is 12.3. The summed E-state index contributed by atoms with van der Waals surface area (Å²) < 4.78 is 14.5. The molecule has 0 amide bonds. The van der Waals surface area contributed by atoms with Gasteiger partial charge in [0.1, 0.15) is 22.5 Å². The minimum Gasteiger partial charge on any atom is -0.457 e. The van der Waals surface area contributed by atoms with Crippen molar-refractivity contribution >= 4 is 27.6 Å². The molecule has 0 aliphatic rings. The first-order chi connectivity index (χ1) is 21.9. The molecule has 0 atom stereocenters. The summed E-state index contributed by atoms with van der Waals surface area (Å²) in [7, 11) is 0. The van der Waals surface area contributed by atoms with Crippen LogP contribution in [0.1, 0.15) is 26.3 Å². The summed E-state index contributed by atoms with van der Waals surface area (Å²) in [6, 6.07) is 38.8. The zero-order chi connectivity index (χ0) is 30.5. The molecule has 8 rings (SSSR count). The van der Waals surface area contributed by atoms with Crippen LogP contribution in [0.4, 0.5) is 0 Å². The maximum Gasteiger partial charge on any atom is 0.181 e. The van der Waals surface area contributed by atoms with Gasteiger partial charge in [-0.15, -0.1) is 0 Å². The van der Waals surface area contributed by atoms with E-state index in [-0.39, 0.29) is 5.41 Å². The monoisotopic (exact) mass is 586 g/mol. The van der Waals surface area contributed by atoms with E-state index in [0.717, 1.165) is 61.5 Å². The second kappa shape index (κ2) is 10.5. The number of hydrogen-bond donors (Lipinski definition) is 0. The molecule has 0 saturated heterocycles. The minimum atomic E-state index is -0.0233. The summed E-state index contributed by atoms with van der Waals surface area (Å²) in [4.78, 5) is 14.1. The Labute approximate surface area is 260 Å². The van der Waals surface area contributed by atoms with Crippen molar-refractivity contribution in [3.05, 3.63) is 133 Å². The van der Waals surface area contributed by atoms with Gasteiger partial charge in [0.2, 0.25) is 0 Å². The van der Waals surface area contributed by atoms with Crippen molar-refractivity contribution in [2.45, 2.75) is 26.2 Å². The first-order valence-corrected chi connectivity index (χ1v) is 15.0. The van der Waals surface area contributed by atoms with Crippen LogP contribution in [0.3, 0.4) is 0 Å². The average molecular weight is 587 g/mol. The number of nitrogens with zero attached hydrogens (tertiary/aromatic N) is 4. The number of imidazole rings is 1. The predicted octanol–water partition coefficient (Wildman–Crippen LogP) is 10.1. The molecule has 0 N–H and O–H groups in total. The Kier molecular flexibility index (Phi) is 6.24. The molecule has 0 bridgehead atoms. The predicted molar refractivity (Wildman–Crippen MR) is 180 cm³/mol. The number of hydrogen-bond acceptors (Lipinski definition) is 5. The molecular weight excluding hydrogens is 556 g/mol. The molecule has 45 heavy (non-hydrogen) atoms. The first kappa shape index (κ1) is 26.8. The highest BCUT2D eigenvalue weighted by molar-refractivity contribution is 5.96. The Morgan fingerprint density at radius 1 is 0.667 bits per heavy atom. The van der Waals surface area contributed by atoms with E-state index in [1.165, 1.54) is 11.1 Å². The van der Waals surface area contributed by atoms with E-state index in [4.69, 9.17) is 19.2 Å². The average Bonchev–Trinajstić information content (AvgIpc) is 3.61. The SMILES string of the molecule is CC(C)(C)c1ccccc1-c1cc(Oc2cccc(-c3cc4c(cn3)nc3c5ccccc5on43)c2)cc(-c2ccccn2)c1. The summed E-state index contributed by atoms with van der Waals surface area (Å²) in [5.74, 6) is 1.45. The Morgan fingerprint density at radius 2 is 1.47 bits per heavy atom. The fourth-order valence-electron chi connectivity index (χ4n) is 5.95.